The van der Waals surface area contributed by atoms with Gasteiger partial charge in [-0.3, -0.25) is 0 Å². The van der Waals surface area contributed by atoms with Crippen LogP contribution in [0.1, 0.15) is 25.0 Å². The molecule has 0 aromatic heterocycles. The van der Waals surface area contributed by atoms with Crippen LogP contribution in [0.4, 0.5) is 13.2 Å². The van der Waals surface area contributed by atoms with E-state index in [1.807, 2.05) is 6.92 Å². The molecule has 3 nitrogen and oxygen atoms in total. The summed E-state index contributed by atoms with van der Waals surface area (Å²) in [6.45, 7) is 4.41. The lowest BCUT2D eigenvalue weighted by Crippen LogP contribution is -2.18. The lowest BCUT2D eigenvalue weighted by molar-refractivity contribution is -0.139. The summed E-state index contributed by atoms with van der Waals surface area (Å²) < 4.78 is 49.2. The van der Waals surface area contributed by atoms with Crippen molar-refractivity contribution in [2.24, 2.45) is 5.73 Å². The van der Waals surface area contributed by atoms with Crippen molar-refractivity contribution in [3.05, 3.63) is 29.3 Å². The first-order valence-electron chi connectivity index (χ1n) is 6.50. The molecule has 0 aliphatic rings. The van der Waals surface area contributed by atoms with E-state index >= 15 is 0 Å². The number of hydrogen-bond acceptors (Lipinski definition) is 3. The minimum absolute atomic E-state index is 0.0869. The first kappa shape index (κ1) is 16.8. The molecule has 0 radical (unpaired) electrons. The van der Waals surface area contributed by atoms with Gasteiger partial charge in [0.15, 0.2) is 0 Å². The van der Waals surface area contributed by atoms with Crippen molar-refractivity contribution >= 4 is 0 Å². The van der Waals surface area contributed by atoms with E-state index in [2.05, 4.69) is 0 Å². The van der Waals surface area contributed by atoms with Gasteiger partial charge in [-0.15, -0.1) is 0 Å². The van der Waals surface area contributed by atoms with Gasteiger partial charge < -0.3 is 15.2 Å². The average Bonchev–Trinajstić information content (AvgIpc) is 2.34. The normalized spacial score (nSPS) is 13.3. The van der Waals surface area contributed by atoms with Gasteiger partial charge in [0.1, 0.15) is 12.4 Å². The Bertz CT molecular complexity index is 419. The van der Waals surface area contributed by atoms with Crippen LogP contribution >= 0.6 is 0 Å². The van der Waals surface area contributed by atoms with Gasteiger partial charge in [-0.1, -0.05) is 6.07 Å². The Morgan fingerprint density at radius 3 is 2.50 bits per heavy atom. The summed E-state index contributed by atoms with van der Waals surface area (Å²) >= 11 is 0. The summed E-state index contributed by atoms with van der Waals surface area (Å²) in [5, 5.41) is 0. The molecule has 0 spiro atoms. The molecule has 0 bridgehead atoms. The second-order valence-electron chi connectivity index (χ2n) is 4.56. The Hall–Kier alpha value is -1.27. The van der Waals surface area contributed by atoms with Gasteiger partial charge in [0, 0.05) is 12.6 Å². The van der Waals surface area contributed by atoms with Crippen LogP contribution in [-0.4, -0.2) is 25.9 Å². The van der Waals surface area contributed by atoms with E-state index in [1.165, 1.54) is 6.07 Å². The molecule has 0 aliphatic carbocycles. The van der Waals surface area contributed by atoms with Crippen molar-refractivity contribution in [3.63, 3.8) is 0 Å². The molecule has 1 aromatic carbocycles. The second-order valence-corrected chi connectivity index (χ2v) is 4.56. The van der Waals surface area contributed by atoms with E-state index in [-0.39, 0.29) is 25.0 Å². The predicted octanol–water partition coefficient (Wildman–Crippen LogP) is 3.01. The molecule has 0 amide bonds. The van der Waals surface area contributed by atoms with Crippen LogP contribution in [0.2, 0.25) is 0 Å². The third kappa shape index (κ3) is 5.38. The Kier molecular flexibility index (Phi) is 6.29. The van der Waals surface area contributed by atoms with E-state index < -0.39 is 11.7 Å². The molecule has 114 valence electrons. The van der Waals surface area contributed by atoms with Crippen molar-refractivity contribution in [2.75, 3.05) is 19.8 Å². The van der Waals surface area contributed by atoms with Gasteiger partial charge in [0.2, 0.25) is 0 Å². The number of alkyl halides is 3. The lowest BCUT2D eigenvalue weighted by Gasteiger charge is -2.16. The Balaban J connectivity index is 2.87. The highest BCUT2D eigenvalue weighted by molar-refractivity contribution is 5.39. The van der Waals surface area contributed by atoms with E-state index in [9.17, 15) is 13.2 Å². The summed E-state index contributed by atoms with van der Waals surface area (Å²) in [5.74, 6) is -0.175. The largest absolute Gasteiger partial charge is 0.491 e. The zero-order valence-electron chi connectivity index (χ0n) is 11.7. The fourth-order valence-electron chi connectivity index (χ4n) is 1.78. The summed E-state index contributed by atoms with van der Waals surface area (Å²) in [6, 6.07) is 3.85. The van der Waals surface area contributed by atoms with E-state index in [4.69, 9.17) is 15.2 Å². The number of benzene rings is 1. The molecule has 1 rings (SSSR count). The maximum absolute atomic E-state index is 13.0. The summed E-state index contributed by atoms with van der Waals surface area (Å²) in [5.41, 5.74) is 5.38. The number of rotatable bonds is 7. The zero-order valence-corrected chi connectivity index (χ0v) is 11.7. The topological polar surface area (TPSA) is 44.5 Å². The minimum Gasteiger partial charge on any atom is -0.491 e. The first-order chi connectivity index (χ1) is 9.34. The number of nitrogens with two attached hydrogens (primary N) is 1. The average molecular weight is 291 g/mol. The van der Waals surface area contributed by atoms with Gasteiger partial charge in [-0.25, -0.2) is 0 Å². The quantitative estimate of drug-likeness (QED) is 0.785. The summed E-state index contributed by atoms with van der Waals surface area (Å²) in [6.07, 6.45) is -4.06. The molecule has 20 heavy (non-hydrogen) atoms. The van der Waals surface area contributed by atoms with Crippen LogP contribution in [0.25, 0.3) is 0 Å². The maximum Gasteiger partial charge on any atom is 0.419 e. The number of halogens is 3. The van der Waals surface area contributed by atoms with Gasteiger partial charge in [-0.05, 0) is 38.0 Å². The molecular weight excluding hydrogens is 271 g/mol. The second kappa shape index (κ2) is 7.50. The Morgan fingerprint density at radius 1 is 1.25 bits per heavy atom. The fraction of sp³-hybridized carbons (Fsp3) is 0.571. The summed E-state index contributed by atoms with van der Waals surface area (Å²) in [4.78, 5) is 0. The van der Waals surface area contributed by atoms with Crippen molar-refractivity contribution in [1.82, 2.24) is 0 Å². The third-order valence-corrected chi connectivity index (χ3v) is 2.60. The van der Waals surface area contributed by atoms with Crippen LogP contribution in [0, 0.1) is 0 Å². The van der Waals surface area contributed by atoms with Gasteiger partial charge in [0.25, 0.3) is 0 Å². The van der Waals surface area contributed by atoms with Crippen LogP contribution < -0.4 is 10.5 Å². The zero-order chi connectivity index (χ0) is 15.2. The van der Waals surface area contributed by atoms with Crippen molar-refractivity contribution < 1.29 is 22.6 Å². The molecule has 0 aliphatic heterocycles. The van der Waals surface area contributed by atoms with Crippen LogP contribution in [-0.2, 0) is 17.3 Å². The van der Waals surface area contributed by atoms with E-state index in [0.29, 0.717) is 18.6 Å². The Labute approximate surface area is 116 Å². The SMILES string of the molecule is CCOCCOc1ccc(CC(C)N)cc1C(F)(F)F. The maximum atomic E-state index is 13.0. The van der Waals surface area contributed by atoms with Crippen molar-refractivity contribution in [3.8, 4) is 5.75 Å². The minimum atomic E-state index is -4.45. The third-order valence-electron chi connectivity index (χ3n) is 2.60. The molecular formula is C14H20F3NO2. The number of hydrogen-bond donors (Lipinski definition) is 1. The smallest absolute Gasteiger partial charge is 0.419 e. The van der Waals surface area contributed by atoms with Gasteiger partial charge in [-0.2, -0.15) is 13.2 Å². The molecule has 0 saturated heterocycles. The van der Waals surface area contributed by atoms with Crippen LogP contribution in [0.15, 0.2) is 18.2 Å². The molecule has 6 heteroatoms. The first-order valence-corrected chi connectivity index (χ1v) is 6.50. The molecule has 0 saturated carbocycles. The summed E-state index contributed by atoms with van der Waals surface area (Å²) in [7, 11) is 0. The standard InChI is InChI=1S/C14H20F3NO2/c1-3-19-6-7-20-13-5-4-11(8-10(2)18)9-12(13)14(15,16)17/h4-5,9-10H,3,6-8,18H2,1-2H3. The van der Waals surface area contributed by atoms with Crippen molar-refractivity contribution in [1.29, 1.82) is 0 Å². The monoisotopic (exact) mass is 291 g/mol. The van der Waals surface area contributed by atoms with Crippen LogP contribution in [0.5, 0.6) is 5.75 Å². The molecule has 0 fully saturated rings. The van der Waals surface area contributed by atoms with Crippen molar-refractivity contribution in [2.45, 2.75) is 32.5 Å². The highest BCUT2D eigenvalue weighted by Crippen LogP contribution is 2.37. The predicted molar refractivity (Wildman–Crippen MR) is 70.8 cm³/mol. The molecule has 1 unspecified atom stereocenters. The highest BCUT2D eigenvalue weighted by Gasteiger charge is 2.34. The van der Waals surface area contributed by atoms with Gasteiger partial charge >= 0.3 is 6.18 Å². The van der Waals surface area contributed by atoms with Crippen LogP contribution in [0.3, 0.4) is 0 Å². The molecule has 1 atom stereocenters. The highest BCUT2D eigenvalue weighted by atomic mass is 19.4. The molecule has 2 N–H and O–H groups in total. The molecule has 0 heterocycles. The van der Waals surface area contributed by atoms with Gasteiger partial charge in [0.05, 0.1) is 12.2 Å². The number of ether oxygens (including phenoxy) is 2. The lowest BCUT2D eigenvalue weighted by atomic mass is 10.0. The van der Waals surface area contributed by atoms with E-state index in [1.54, 1.807) is 13.0 Å². The fourth-order valence-corrected chi connectivity index (χ4v) is 1.78. The molecule has 1 aromatic rings. The Morgan fingerprint density at radius 2 is 1.95 bits per heavy atom. The van der Waals surface area contributed by atoms with E-state index in [0.717, 1.165) is 6.07 Å².